The molecule has 12 rings (SSSR count). The minimum absolute atomic E-state index is 0.684. The van der Waals surface area contributed by atoms with Crippen molar-refractivity contribution in [2.45, 2.75) is 0 Å². The number of fused-ring (bicyclic) bond motifs is 7. The second-order valence-electron chi connectivity index (χ2n) is 15.9. The molecule has 0 aliphatic carbocycles. The van der Waals surface area contributed by atoms with Crippen LogP contribution in [0.5, 0.6) is 0 Å². The maximum atomic E-state index is 6.58. The van der Waals surface area contributed by atoms with Gasteiger partial charge in [0.25, 0.3) is 0 Å². The predicted molar refractivity (Wildman–Crippen MR) is 260 cm³/mol. The molecule has 0 fully saturated rings. The molecule has 0 aliphatic rings. The fourth-order valence-corrected chi connectivity index (χ4v) is 8.84. The van der Waals surface area contributed by atoms with E-state index in [-0.39, 0.29) is 0 Å². The minimum atomic E-state index is 0.684. The normalized spacial score (nSPS) is 11.5. The van der Waals surface area contributed by atoms with Crippen LogP contribution in [0.3, 0.4) is 0 Å². The molecule has 0 N–H and O–H groups in total. The van der Waals surface area contributed by atoms with Crippen LogP contribution in [-0.4, -0.2) is 15.0 Å². The summed E-state index contributed by atoms with van der Waals surface area (Å²) in [6.07, 6.45) is 0. The minimum Gasteiger partial charge on any atom is -0.455 e. The van der Waals surface area contributed by atoms with Gasteiger partial charge >= 0.3 is 0 Å². The Morgan fingerprint density at radius 1 is 0.302 bits per heavy atom. The summed E-state index contributed by atoms with van der Waals surface area (Å²) >= 11 is 0. The Labute approximate surface area is 364 Å². The second-order valence-corrected chi connectivity index (χ2v) is 15.9. The molecule has 12 aromatic rings. The average molecular weight is 804 g/mol. The molecule has 0 spiro atoms. The van der Waals surface area contributed by atoms with E-state index in [4.69, 9.17) is 19.4 Å². The van der Waals surface area contributed by atoms with E-state index in [1.165, 1.54) is 16.7 Å². The second kappa shape index (κ2) is 15.2. The molecule has 294 valence electrons. The van der Waals surface area contributed by atoms with Crippen LogP contribution < -0.4 is 0 Å². The van der Waals surface area contributed by atoms with Gasteiger partial charge in [-0.15, -0.1) is 0 Å². The van der Waals surface area contributed by atoms with Crippen molar-refractivity contribution >= 4 is 43.6 Å². The summed E-state index contributed by atoms with van der Waals surface area (Å²) in [7, 11) is 0. The zero-order chi connectivity index (χ0) is 41.7. The third-order valence-corrected chi connectivity index (χ3v) is 12.1. The summed E-state index contributed by atoms with van der Waals surface area (Å²) in [6.45, 7) is 0. The van der Waals surface area contributed by atoms with Gasteiger partial charge in [-0.3, -0.25) is 0 Å². The van der Waals surface area contributed by atoms with Crippen LogP contribution >= 0.6 is 0 Å². The number of rotatable bonds is 7. The van der Waals surface area contributed by atoms with Crippen molar-refractivity contribution in [3.05, 3.63) is 224 Å². The van der Waals surface area contributed by atoms with E-state index < -0.39 is 0 Å². The van der Waals surface area contributed by atoms with Gasteiger partial charge in [0.1, 0.15) is 11.2 Å². The predicted octanol–water partition coefficient (Wildman–Crippen LogP) is 15.7. The lowest BCUT2D eigenvalue weighted by Crippen LogP contribution is -1.96. The van der Waals surface area contributed by atoms with Crippen LogP contribution in [0.15, 0.2) is 229 Å². The van der Waals surface area contributed by atoms with Crippen LogP contribution in [0.1, 0.15) is 0 Å². The van der Waals surface area contributed by atoms with E-state index in [1.54, 1.807) is 0 Å². The smallest absolute Gasteiger partial charge is 0.160 e. The maximum Gasteiger partial charge on any atom is 0.160 e. The first-order valence-corrected chi connectivity index (χ1v) is 21.2. The van der Waals surface area contributed by atoms with Gasteiger partial charge in [0, 0.05) is 38.4 Å². The highest BCUT2D eigenvalue weighted by atomic mass is 16.3. The molecular formula is C59H37N3O. The molecule has 3 aromatic heterocycles. The summed E-state index contributed by atoms with van der Waals surface area (Å²) in [5, 5.41) is 5.38. The van der Waals surface area contributed by atoms with Gasteiger partial charge in [0.2, 0.25) is 0 Å². The van der Waals surface area contributed by atoms with Crippen LogP contribution in [0.2, 0.25) is 0 Å². The first kappa shape index (κ1) is 36.4. The first-order chi connectivity index (χ1) is 31.2. The van der Waals surface area contributed by atoms with Gasteiger partial charge in [-0.25, -0.2) is 15.0 Å². The van der Waals surface area contributed by atoms with Gasteiger partial charge in [-0.1, -0.05) is 206 Å². The topological polar surface area (TPSA) is 51.8 Å². The van der Waals surface area contributed by atoms with Gasteiger partial charge in [0.05, 0.1) is 28.0 Å². The number of benzene rings is 9. The molecule has 3 heterocycles. The molecule has 9 aromatic carbocycles. The molecule has 0 bridgehead atoms. The van der Waals surface area contributed by atoms with E-state index in [0.29, 0.717) is 5.82 Å². The molecule has 0 aliphatic heterocycles. The van der Waals surface area contributed by atoms with Crippen molar-refractivity contribution in [2.24, 2.45) is 0 Å². The fourth-order valence-electron chi connectivity index (χ4n) is 8.84. The number of hydrogen-bond acceptors (Lipinski definition) is 4. The molecule has 0 amide bonds. The van der Waals surface area contributed by atoms with E-state index in [1.807, 2.05) is 24.3 Å². The molecule has 0 saturated heterocycles. The van der Waals surface area contributed by atoms with Gasteiger partial charge in [-0.2, -0.15) is 0 Å². The van der Waals surface area contributed by atoms with Crippen LogP contribution in [0, 0.1) is 0 Å². The Balaban J connectivity index is 0.904. The van der Waals surface area contributed by atoms with Crippen molar-refractivity contribution < 1.29 is 4.42 Å². The van der Waals surface area contributed by atoms with Gasteiger partial charge < -0.3 is 4.42 Å². The molecule has 63 heavy (non-hydrogen) atoms. The maximum absolute atomic E-state index is 6.58. The molecule has 0 radical (unpaired) electrons. The number of nitrogens with zero attached hydrogens (tertiary/aromatic N) is 3. The Bertz CT molecular complexity index is 3520. The number of furan rings is 1. The fraction of sp³-hybridized carbons (Fsp3) is 0. The molecule has 4 heteroatoms. The van der Waals surface area contributed by atoms with E-state index in [0.717, 1.165) is 99.6 Å². The molecule has 0 atom stereocenters. The first-order valence-electron chi connectivity index (χ1n) is 21.2. The number of aromatic nitrogens is 3. The lowest BCUT2D eigenvalue weighted by atomic mass is 9.97. The van der Waals surface area contributed by atoms with Crippen molar-refractivity contribution in [3.63, 3.8) is 0 Å². The molecule has 0 unspecified atom stereocenters. The largest absolute Gasteiger partial charge is 0.455 e. The van der Waals surface area contributed by atoms with E-state index >= 15 is 0 Å². The molecular weight excluding hydrogens is 767 g/mol. The Morgan fingerprint density at radius 2 is 0.746 bits per heavy atom. The zero-order valence-corrected chi connectivity index (χ0v) is 34.1. The average Bonchev–Trinajstić information content (AvgIpc) is 3.77. The van der Waals surface area contributed by atoms with Crippen molar-refractivity contribution in [2.75, 3.05) is 0 Å². The standard InChI is InChI=1S/C59H37N3O/c1-3-11-38(12-4-1)40-19-27-45(28-20-40)52-37-53(61-59(60-52)48-33-25-41(26-34-48)39-13-5-2-6-14-39)46-29-21-42(22-30-46)43-23-31-47(32-24-43)56-55-50-17-9-10-18-54(50)63-58(55)51-36-35-44-15-7-8-16-49(44)57(51)62-56/h1-37H. The Kier molecular flexibility index (Phi) is 8.79. The summed E-state index contributed by atoms with van der Waals surface area (Å²) in [5.41, 5.74) is 16.3. The van der Waals surface area contributed by atoms with Gasteiger partial charge in [-0.05, 0) is 57.0 Å². The van der Waals surface area contributed by atoms with Crippen LogP contribution in [-0.2, 0) is 0 Å². The SMILES string of the molecule is c1ccc(-c2ccc(-c3cc(-c4ccc(-c5ccc(-c6nc7c8ccccc8ccc7c7oc8ccccc8c67)cc5)cc4)nc(-c4ccc(-c5ccccc5)cc4)n3)cc2)cc1. The Hall–Kier alpha value is -8.47. The molecule has 4 nitrogen and oxygen atoms in total. The zero-order valence-electron chi connectivity index (χ0n) is 34.1. The highest BCUT2D eigenvalue weighted by Gasteiger charge is 2.19. The lowest BCUT2D eigenvalue weighted by Gasteiger charge is -2.12. The number of hydrogen-bond donors (Lipinski definition) is 0. The third kappa shape index (κ3) is 6.62. The van der Waals surface area contributed by atoms with E-state index in [2.05, 4.69) is 200 Å². The molecule has 0 saturated carbocycles. The quantitative estimate of drug-likeness (QED) is 0.151. The highest BCUT2D eigenvalue weighted by molar-refractivity contribution is 6.22. The Morgan fingerprint density at radius 3 is 1.32 bits per heavy atom. The van der Waals surface area contributed by atoms with Crippen LogP contribution in [0.25, 0.3) is 122 Å². The number of para-hydroxylation sites is 1. The summed E-state index contributed by atoms with van der Waals surface area (Å²) < 4.78 is 6.58. The monoisotopic (exact) mass is 803 g/mol. The highest BCUT2D eigenvalue weighted by Crippen LogP contribution is 2.41. The van der Waals surface area contributed by atoms with Crippen molar-refractivity contribution in [1.82, 2.24) is 15.0 Å². The lowest BCUT2D eigenvalue weighted by molar-refractivity contribution is 0.672. The van der Waals surface area contributed by atoms with Crippen molar-refractivity contribution in [3.8, 4) is 78.5 Å². The summed E-state index contributed by atoms with van der Waals surface area (Å²) in [4.78, 5) is 15.7. The third-order valence-electron chi connectivity index (χ3n) is 12.1. The van der Waals surface area contributed by atoms with Crippen LogP contribution in [0.4, 0.5) is 0 Å². The number of pyridine rings is 1. The van der Waals surface area contributed by atoms with Gasteiger partial charge in [0.15, 0.2) is 5.82 Å². The van der Waals surface area contributed by atoms with E-state index in [9.17, 15) is 0 Å². The summed E-state index contributed by atoms with van der Waals surface area (Å²) in [5.74, 6) is 0.684. The summed E-state index contributed by atoms with van der Waals surface area (Å²) in [6, 6.07) is 78.5. The van der Waals surface area contributed by atoms with Crippen molar-refractivity contribution in [1.29, 1.82) is 0 Å².